The molecule has 0 aromatic heterocycles. The molecule has 0 saturated heterocycles. The molecule has 110 valence electrons. The van der Waals surface area contributed by atoms with E-state index in [1.165, 1.54) is 18.2 Å². The zero-order valence-electron chi connectivity index (χ0n) is 10.4. The lowest BCUT2D eigenvalue weighted by atomic mass is 10.2. The number of amides is 1. The van der Waals surface area contributed by atoms with Gasteiger partial charge in [-0.25, -0.2) is 4.31 Å². The van der Waals surface area contributed by atoms with Crippen LogP contribution in [0.25, 0.3) is 0 Å². The number of rotatable bonds is 5. The summed E-state index contributed by atoms with van der Waals surface area (Å²) in [4.78, 5) is 22.2. The first-order valence-electron chi connectivity index (χ1n) is 5.85. The summed E-state index contributed by atoms with van der Waals surface area (Å²) in [5.74, 6) is -0.571. The summed E-state index contributed by atoms with van der Waals surface area (Å²) >= 11 is 3.25. The van der Waals surface area contributed by atoms with Crippen LogP contribution in [0.5, 0.6) is 0 Å². The molecule has 0 saturated carbocycles. The van der Waals surface area contributed by atoms with Crippen molar-refractivity contribution in [1.29, 1.82) is 0 Å². The molecule has 1 amide bonds. The van der Waals surface area contributed by atoms with Gasteiger partial charge in [-0.3, -0.25) is 24.0 Å². The highest BCUT2D eigenvalue weighted by Crippen LogP contribution is 2.61. The SMILES string of the molecule is O=C1c2cccc([N+](=O)[O-])c2S(O)(O)N1CCCCBr. The number of carbonyl (C=O) groups excluding carboxylic acids is 1. The van der Waals surface area contributed by atoms with Crippen molar-refractivity contribution in [2.45, 2.75) is 17.7 Å². The third-order valence-corrected chi connectivity index (χ3v) is 5.47. The summed E-state index contributed by atoms with van der Waals surface area (Å²) in [7, 11) is -3.62. The van der Waals surface area contributed by atoms with Crippen LogP contribution in [0, 0.1) is 10.1 Å². The molecule has 0 bridgehead atoms. The van der Waals surface area contributed by atoms with E-state index in [2.05, 4.69) is 15.9 Å². The van der Waals surface area contributed by atoms with Crippen LogP contribution in [-0.4, -0.2) is 36.1 Å². The Bertz CT molecular complexity index is 566. The Morgan fingerprint density at radius 1 is 1.35 bits per heavy atom. The summed E-state index contributed by atoms with van der Waals surface area (Å²) in [6, 6.07) is 3.91. The van der Waals surface area contributed by atoms with Gasteiger partial charge in [0.25, 0.3) is 11.6 Å². The summed E-state index contributed by atoms with van der Waals surface area (Å²) in [6.07, 6.45) is 1.34. The van der Waals surface area contributed by atoms with E-state index in [0.29, 0.717) is 6.42 Å². The van der Waals surface area contributed by atoms with Gasteiger partial charge in [0.15, 0.2) is 4.90 Å². The topological polar surface area (TPSA) is 104 Å². The maximum absolute atomic E-state index is 12.2. The van der Waals surface area contributed by atoms with Gasteiger partial charge in [-0.15, -0.1) is 0 Å². The van der Waals surface area contributed by atoms with E-state index in [-0.39, 0.29) is 17.0 Å². The Morgan fingerprint density at radius 3 is 2.65 bits per heavy atom. The highest BCUT2D eigenvalue weighted by molar-refractivity contribution is 9.09. The predicted molar refractivity (Wildman–Crippen MR) is 78.3 cm³/mol. The Morgan fingerprint density at radius 2 is 2.05 bits per heavy atom. The normalized spacial score (nSPS) is 17.9. The number of halogens is 1. The number of nitrogens with zero attached hydrogens (tertiary/aromatic N) is 2. The number of nitro benzene ring substituents is 1. The van der Waals surface area contributed by atoms with E-state index in [1.54, 1.807) is 0 Å². The molecule has 1 aliphatic rings. The highest BCUT2D eigenvalue weighted by Gasteiger charge is 2.45. The number of hydrogen-bond acceptors (Lipinski definition) is 5. The van der Waals surface area contributed by atoms with Gasteiger partial charge in [-0.2, -0.15) is 0 Å². The molecule has 1 aromatic carbocycles. The summed E-state index contributed by atoms with van der Waals surface area (Å²) in [5, 5.41) is 11.7. The van der Waals surface area contributed by atoms with Crippen LogP contribution in [0.15, 0.2) is 23.1 Å². The molecule has 7 nitrogen and oxygen atoms in total. The van der Waals surface area contributed by atoms with E-state index in [1.807, 2.05) is 0 Å². The lowest BCUT2D eigenvalue weighted by molar-refractivity contribution is -0.387. The molecular formula is C11H13BrN2O5S. The number of benzene rings is 1. The molecule has 0 unspecified atom stereocenters. The van der Waals surface area contributed by atoms with Crippen molar-refractivity contribution in [3.63, 3.8) is 0 Å². The van der Waals surface area contributed by atoms with Crippen molar-refractivity contribution in [1.82, 2.24) is 4.31 Å². The second-order valence-corrected chi connectivity index (χ2v) is 6.91. The Kier molecular flexibility index (Phi) is 4.33. The van der Waals surface area contributed by atoms with Crippen LogP contribution in [0.4, 0.5) is 5.69 Å². The van der Waals surface area contributed by atoms with Crippen LogP contribution < -0.4 is 0 Å². The first-order valence-corrected chi connectivity index (χ1v) is 8.47. The van der Waals surface area contributed by atoms with E-state index < -0.39 is 27.3 Å². The molecule has 0 atom stereocenters. The average molecular weight is 365 g/mol. The number of hydrogen-bond donors (Lipinski definition) is 2. The van der Waals surface area contributed by atoms with Crippen molar-refractivity contribution >= 4 is 38.3 Å². The number of nitro groups is 1. The molecule has 0 radical (unpaired) electrons. The van der Waals surface area contributed by atoms with Gasteiger partial charge in [0.1, 0.15) is 0 Å². The Labute approximate surface area is 125 Å². The minimum absolute atomic E-state index is 0.00181. The first-order chi connectivity index (χ1) is 9.41. The highest BCUT2D eigenvalue weighted by atomic mass is 79.9. The standard InChI is InChI=1S/C11H13BrN2O5S/c12-6-1-2-7-13-11(15)8-4-3-5-9(14(16)17)10(8)20(13,18)19/h3-5,18-19H,1-2,6-7H2. The monoisotopic (exact) mass is 364 g/mol. The maximum Gasteiger partial charge on any atom is 0.295 e. The zero-order valence-corrected chi connectivity index (χ0v) is 12.8. The third-order valence-electron chi connectivity index (χ3n) is 2.97. The Hall–Kier alpha value is -1.16. The van der Waals surface area contributed by atoms with Crippen LogP contribution in [0.3, 0.4) is 0 Å². The largest absolute Gasteiger partial charge is 0.295 e. The summed E-state index contributed by atoms with van der Waals surface area (Å²) in [5.41, 5.74) is -0.433. The van der Waals surface area contributed by atoms with Crippen LogP contribution in [0.1, 0.15) is 23.2 Å². The molecule has 0 aliphatic carbocycles. The van der Waals surface area contributed by atoms with Crippen LogP contribution in [0.2, 0.25) is 0 Å². The van der Waals surface area contributed by atoms with Gasteiger partial charge in [-0.1, -0.05) is 32.8 Å². The predicted octanol–water partition coefficient (Wildman–Crippen LogP) is 3.25. The molecule has 20 heavy (non-hydrogen) atoms. The van der Waals surface area contributed by atoms with Crippen LogP contribution in [-0.2, 0) is 0 Å². The number of unbranched alkanes of at least 4 members (excludes halogenated alkanes) is 1. The lowest BCUT2D eigenvalue weighted by Crippen LogP contribution is -2.28. The van der Waals surface area contributed by atoms with Gasteiger partial charge in [0.05, 0.1) is 10.5 Å². The molecule has 1 aliphatic heterocycles. The second-order valence-electron chi connectivity index (χ2n) is 4.23. The van der Waals surface area contributed by atoms with Gasteiger partial charge in [0.2, 0.25) is 0 Å². The van der Waals surface area contributed by atoms with Crippen molar-refractivity contribution in [2.75, 3.05) is 11.9 Å². The van der Waals surface area contributed by atoms with E-state index in [0.717, 1.165) is 16.1 Å². The fraction of sp³-hybridized carbons (Fsp3) is 0.364. The second kappa shape index (κ2) is 5.68. The molecule has 9 heteroatoms. The molecule has 1 aromatic rings. The molecule has 0 fully saturated rings. The van der Waals surface area contributed by atoms with Crippen molar-refractivity contribution in [3.05, 3.63) is 33.9 Å². The maximum atomic E-state index is 12.2. The molecule has 2 rings (SSSR count). The molecule has 0 spiro atoms. The van der Waals surface area contributed by atoms with Crippen molar-refractivity contribution in [2.24, 2.45) is 0 Å². The quantitative estimate of drug-likeness (QED) is 0.361. The van der Waals surface area contributed by atoms with Crippen molar-refractivity contribution in [3.8, 4) is 0 Å². The molecule has 2 N–H and O–H groups in total. The van der Waals surface area contributed by atoms with E-state index >= 15 is 0 Å². The van der Waals surface area contributed by atoms with Gasteiger partial charge < -0.3 is 0 Å². The Balaban J connectivity index is 2.42. The van der Waals surface area contributed by atoms with Gasteiger partial charge >= 0.3 is 0 Å². The van der Waals surface area contributed by atoms with E-state index in [9.17, 15) is 24.0 Å². The van der Waals surface area contributed by atoms with Gasteiger partial charge in [-0.05, 0) is 18.9 Å². The third kappa shape index (κ3) is 2.41. The fourth-order valence-corrected chi connectivity index (χ4v) is 4.27. The number of carbonyl (C=O) groups is 1. The molecular weight excluding hydrogens is 352 g/mol. The summed E-state index contributed by atoms with van der Waals surface area (Å²) < 4.78 is 21.4. The first kappa shape index (κ1) is 15.2. The zero-order chi connectivity index (χ0) is 14.9. The van der Waals surface area contributed by atoms with Crippen molar-refractivity contribution < 1.29 is 18.8 Å². The minimum Gasteiger partial charge on any atom is -0.277 e. The van der Waals surface area contributed by atoms with Crippen LogP contribution >= 0.6 is 26.7 Å². The fourth-order valence-electron chi connectivity index (χ4n) is 2.06. The van der Waals surface area contributed by atoms with Gasteiger partial charge in [0, 0.05) is 17.9 Å². The number of fused-ring (bicyclic) bond motifs is 1. The minimum atomic E-state index is -3.62. The number of alkyl halides is 1. The smallest absolute Gasteiger partial charge is 0.277 e. The van der Waals surface area contributed by atoms with E-state index in [4.69, 9.17) is 0 Å². The lowest BCUT2D eigenvalue weighted by Gasteiger charge is -2.36. The average Bonchev–Trinajstić information content (AvgIpc) is 2.59. The summed E-state index contributed by atoms with van der Waals surface area (Å²) in [6.45, 7) is 0.151. The molecule has 1 heterocycles.